The van der Waals surface area contributed by atoms with Gasteiger partial charge in [0, 0.05) is 12.2 Å². The number of hydrogen-bond acceptors (Lipinski definition) is 2. The SMILES string of the molecule is N#Cc1ccc(N2CCCCc3ccccc32)c(F)c1Br. The van der Waals surface area contributed by atoms with E-state index >= 15 is 0 Å². The molecule has 0 aromatic heterocycles. The summed E-state index contributed by atoms with van der Waals surface area (Å²) in [4.78, 5) is 2.02. The second-order valence-electron chi connectivity index (χ2n) is 5.11. The first-order chi connectivity index (χ1) is 10.2. The predicted octanol–water partition coefficient (Wildman–Crippen LogP) is 4.93. The average molecular weight is 345 g/mol. The molecule has 106 valence electrons. The zero-order valence-corrected chi connectivity index (χ0v) is 13.0. The third-order valence-electron chi connectivity index (χ3n) is 3.83. The molecular weight excluding hydrogens is 331 g/mol. The van der Waals surface area contributed by atoms with Crippen molar-refractivity contribution >= 4 is 27.3 Å². The smallest absolute Gasteiger partial charge is 0.162 e. The third-order valence-corrected chi connectivity index (χ3v) is 4.61. The molecule has 0 fully saturated rings. The molecule has 2 aromatic carbocycles. The summed E-state index contributed by atoms with van der Waals surface area (Å²) in [6, 6.07) is 13.5. The number of fused-ring (bicyclic) bond motifs is 1. The van der Waals surface area contributed by atoms with Crippen molar-refractivity contribution in [1.82, 2.24) is 0 Å². The van der Waals surface area contributed by atoms with Crippen molar-refractivity contribution in [2.24, 2.45) is 0 Å². The maximum atomic E-state index is 14.6. The Morgan fingerprint density at radius 3 is 2.71 bits per heavy atom. The van der Waals surface area contributed by atoms with Gasteiger partial charge < -0.3 is 4.90 Å². The normalized spacial score (nSPS) is 14.2. The van der Waals surface area contributed by atoms with E-state index in [1.165, 1.54) is 5.56 Å². The summed E-state index contributed by atoms with van der Waals surface area (Å²) in [6.45, 7) is 0.784. The van der Waals surface area contributed by atoms with Gasteiger partial charge in [-0.15, -0.1) is 0 Å². The Labute approximate surface area is 131 Å². The number of hydrogen-bond donors (Lipinski definition) is 0. The molecular formula is C17H14BrFN2. The van der Waals surface area contributed by atoms with Gasteiger partial charge in [-0.2, -0.15) is 5.26 Å². The molecule has 3 rings (SSSR count). The Morgan fingerprint density at radius 1 is 1.10 bits per heavy atom. The molecule has 21 heavy (non-hydrogen) atoms. The fourth-order valence-electron chi connectivity index (χ4n) is 2.78. The zero-order chi connectivity index (χ0) is 14.8. The molecule has 0 bridgehead atoms. The van der Waals surface area contributed by atoms with Crippen molar-refractivity contribution in [3.63, 3.8) is 0 Å². The number of rotatable bonds is 1. The molecule has 0 saturated heterocycles. The molecule has 1 heterocycles. The van der Waals surface area contributed by atoms with Gasteiger partial charge in [0.05, 0.1) is 15.7 Å². The molecule has 0 amide bonds. The van der Waals surface area contributed by atoms with Crippen LogP contribution in [0.4, 0.5) is 15.8 Å². The van der Waals surface area contributed by atoms with Crippen molar-refractivity contribution in [3.05, 3.63) is 57.8 Å². The minimum Gasteiger partial charge on any atom is -0.339 e. The monoisotopic (exact) mass is 344 g/mol. The molecule has 0 aliphatic carbocycles. The average Bonchev–Trinajstić information content (AvgIpc) is 2.72. The van der Waals surface area contributed by atoms with Crippen molar-refractivity contribution < 1.29 is 4.39 Å². The molecule has 0 spiro atoms. The number of para-hydroxylation sites is 1. The van der Waals surface area contributed by atoms with E-state index in [9.17, 15) is 4.39 Å². The molecule has 0 unspecified atom stereocenters. The van der Waals surface area contributed by atoms with Crippen LogP contribution in [-0.2, 0) is 6.42 Å². The number of nitrogens with zero attached hydrogens (tertiary/aromatic N) is 2. The lowest BCUT2D eigenvalue weighted by atomic mass is 10.1. The van der Waals surface area contributed by atoms with Gasteiger partial charge in [-0.25, -0.2) is 4.39 Å². The molecule has 1 aliphatic heterocycles. The minimum absolute atomic E-state index is 0.240. The Bertz CT molecular complexity index is 721. The molecule has 2 nitrogen and oxygen atoms in total. The van der Waals surface area contributed by atoms with E-state index in [-0.39, 0.29) is 10.3 Å². The first-order valence-corrected chi connectivity index (χ1v) is 7.75. The van der Waals surface area contributed by atoms with Gasteiger partial charge >= 0.3 is 0 Å². The maximum Gasteiger partial charge on any atom is 0.162 e. The van der Waals surface area contributed by atoms with E-state index in [1.54, 1.807) is 12.1 Å². The molecule has 0 atom stereocenters. The number of benzene rings is 2. The topological polar surface area (TPSA) is 27.0 Å². The summed E-state index contributed by atoms with van der Waals surface area (Å²) in [5.74, 6) is -0.370. The van der Waals surface area contributed by atoms with E-state index in [1.807, 2.05) is 29.2 Å². The summed E-state index contributed by atoms with van der Waals surface area (Å²) >= 11 is 3.19. The number of halogens is 2. The summed E-state index contributed by atoms with van der Waals surface area (Å²) in [5, 5.41) is 8.99. The van der Waals surface area contributed by atoms with Gasteiger partial charge in [0.1, 0.15) is 6.07 Å². The van der Waals surface area contributed by atoms with E-state index in [4.69, 9.17) is 5.26 Å². The Balaban J connectivity index is 2.13. The lowest BCUT2D eigenvalue weighted by molar-refractivity contribution is 0.616. The molecule has 4 heteroatoms. The Hall–Kier alpha value is -1.86. The lowest BCUT2D eigenvalue weighted by Crippen LogP contribution is -2.19. The molecule has 0 N–H and O–H groups in total. The van der Waals surface area contributed by atoms with Crippen LogP contribution in [0.3, 0.4) is 0 Å². The highest BCUT2D eigenvalue weighted by Crippen LogP contribution is 2.36. The van der Waals surface area contributed by atoms with Crippen LogP contribution in [0.25, 0.3) is 0 Å². The van der Waals surface area contributed by atoms with Gasteiger partial charge in [-0.3, -0.25) is 0 Å². The fourth-order valence-corrected chi connectivity index (χ4v) is 3.20. The van der Waals surface area contributed by atoms with Crippen LogP contribution < -0.4 is 4.90 Å². The van der Waals surface area contributed by atoms with E-state index in [0.717, 1.165) is 31.5 Å². The highest BCUT2D eigenvalue weighted by Gasteiger charge is 2.21. The predicted molar refractivity (Wildman–Crippen MR) is 85.2 cm³/mol. The van der Waals surface area contributed by atoms with E-state index in [0.29, 0.717) is 11.3 Å². The first kappa shape index (κ1) is 14.1. The molecule has 2 aromatic rings. The van der Waals surface area contributed by atoms with Crippen LogP contribution in [0.5, 0.6) is 0 Å². The Morgan fingerprint density at radius 2 is 1.90 bits per heavy atom. The van der Waals surface area contributed by atoms with Crippen molar-refractivity contribution in [1.29, 1.82) is 5.26 Å². The van der Waals surface area contributed by atoms with Crippen molar-refractivity contribution in [2.75, 3.05) is 11.4 Å². The van der Waals surface area contributed by atoms with Crippen LogP contribution in [-0.4, -0.2) is 6.54 Å². The number of nitriles is 1. The summed E-state index contributed by atoms with van der Waals surface area (Å²) < 4.78 is 14.9. The van der Waals surface area contributed by atoms with Gasteiger partial charge in [0.15, 0.2) is 5.82 Å². The molecule has 1 aliphatic rings. The summed E-state index contributed by atoms with van der Waals surface area (Å²) in [6.07, 6.45) is 3.14. The van der Waals surface area contributed by atoms with Gasteiger partial charge in [-0.05, 0) is 59.0 Å². The zero-order valence-electron chi connectivity index (χ0n) is 11.4. The lowest BCUT2D eigenvalue weighted by Gasteiger charge is -2.26. The Kier molecular flexibility index (Phi) is 3.94. The van der Waals surface area contributed by atoms with Gasteiger partial charge in [0.2, 0.25) is 0 Å². The second kappa shape index (κ2) is 5.87. The van der Waals surface area contributed by atoms with Gasteiger partial charge in [-0.1, -0.05) is 18.2 Å². The standard InChI is InChI=1S/C17H14BrFN2/c18-16-13(11-20)8-9-15(17(16)19)21-10-4-3-6-12-5-1-2-7-14(12)21/h1-2,5,7-9H,3-4,6,10H2. The largest absolute Gasteiger partial charge is 0.339 e. The number of anilines is 2. The first-order valence-electron chi connectivity index (χ1n) is 6.96. The van der Waals surface area contributed by atoms with Gasteiger partial charge in [0.25, 0.3) is 0 Å². The molecule has 0 radical (unpaired) electrons. The third kappa shape index (κ3) is 2.54. The summed E-state index contributed by atoms with van der Waals surface area (Å²) in [5.41, 5.74) is 3.15. The van der Waals surface area contributed by atoms with Crippen LogP contribution in [0.2, 0.25) is 0 Å². The summed E-state index contributed by atoms with van der Waals surface area (Å²) in [7, 11) is 0. The van der Waals surface area contributed by atoms with Crippen LogP contribution in [0, 0.1) is 17.1 Å². The van der Waals surface area contributed by atoms with Crippen molar-refractivity contribution in [3.8, 4) is 6.07 Å². The maximum absolute atomic E-state index is 14.6. The quantitative estimate of drug-likeness (QED) is 0.732. The second-order valence-corrected chi connectivity index (χ2v) is 5.90. The highest BCUT2D eigenvalue weighted by atomic mass is 79.9. The minimum atomic E-state index is -0.370. The number of aryl methyl sites for hydroxylation is 1. The fraction of sp³-hybridized carbons (Fsp3) is 0.235. The van der Waals surface area contributed by atoms with Crippen LogP contribution in [0.1, 0.15) is 24.0 Å². The van der Waals surface area contributed by atoms with E-state index < -0.39 is 0 Å². The highest BCUT2D eigenvalue weighted by molar-refractivity contribution is 9.10. The molecule has 0 saturated carbocycles. The van der Waals surface area contributed by atoms with Crippen LogP contribution >= 0.6 is 15.9 Å². The van der Waals surface area contributed by atoms with Crippen LogP contribution in [0.15, 0.2) is 40.9 Å². The van der Waals surface area contributed by atoms with Crippen molar-refractivity contribution in [2.45, 2.75) is 19.3 Å². The van der Waals surface area contributed by atoms with E-state index in [2.05, 4.69) is 22.0 Å².